The van der Waals surface area contributed by atoms with Gasteiger partial charge in [0.1, 0.15) is 13.2 Å². The molecule has 1 unspecified atom stereocenters. The van der Waals surface area contributed by atoms with Crippen LogP contribution in [0, 0.1) is 6.92 Å². The molecule has 90 valence electrons. The van der Waals surface area contributed by atoms with Crippen LogP contribution in [0.1, 0.15) is 17.2 Å². The Labute approximate surface area is 99.1 Å². The van der Waals surface area contributed by atoms with Crippen molar-refractivity contribution in [3.63, 3.8) is 0 Å². The van der Waals surface area contributed by atoms with Crippen LogP contribution < -0.4 is 20.1 Å². The fraction of sp³-hybridized carbons (Fsp3) is 0.417. The SMILES string of the molecule is Cc1cc2c(cc1C1CNC(=O)N1)OCCO2. The van der Waals surface area contributed by atoms with E-state index in [4.69, 9.17) is 9.47 Å². The number of amides is 2. The van der Waals surface area contributed by atoms with E-state index in [0.29, 0.717) is 19.8 Å². The Morgan fingerprint density at radius 3 is 2.59 bits per heavy atom. The Hall–Kier alpha value is -1.91. The molecule has 2 N–H and O–H groups in total. The number of ether oxygens (including phenoxy) is 2. The minimum absolute atomic E-state index is 0.0123. The van der Waals surface area contributed by atoms with E-state index in [1.807, 2.05) is 19.1 Å². The maximum atomic E-state index is 11.1. The van der Waals surface area contributed by atoms with Crippen molar-refractivity contribution >= 4 is 6.03 Å². The fourth-order valence-electron chi connectivity index (χ4n) is 2.22. The predicted molar refractivity (Wildman–Crippen MR) is 61.4 cm³/mol. The van der Waals surface area contributed by atoms with E-state index < -0.39 is 0 Å². The molecule has 0 bridgehead atoms. The lowest BCUT2D eigenvalue weighted by molar-refractivity contribution is 0.171. The smallest absolute Gasteiger partial charge is 0.315 e. The topological polar surface area (TPSA) is 59.6 Å². The molecule has 2 aliphatic rings. The lowest BCUT2D eigenvalue weighted by Gasteiger charge is -2.22. The van der Waals surface area contributed by atoms with Crippen LogP contribution in [-0.4, -0.2) is 25.8 Å². The first-order valence-corrected chi connectivity index (χ1v) is 5.68. The van der Waals surface area contributed by atoms with Crippen molar-refractivity contribution in [1.29, 1.82) is 0 Å². The Morgan fingerprint density at radius 2 is 1.94 bits per heavy atom. The number of carbonyl (C=O) groups excluding carboxylic acids is 1. The average molecular weight is 234 g/mol. The van der Waals surface area contributed by atoms with Gasteiger partial charge in [-0.05, 0) is 30.2 Å². The van der Waals surface area contributed by atoms with Crippen LogP contribution in [0.5, 0.6) is 11.5 Å². The Kier molecular flexibility index (Phi) is 2.31. The van der Waals surface area contributed by atoms with Crippen LogP contribution >= 0.6 is 0 Å². The monoisotopic (exact) mass is 234 g/mol. The molecule has 0 spiro atoms. The summed E-state index contributed by atoms with van der Waals surface area (Å²) in [4.78, 5) is 11.1. The second kappa shape index (κ2) is 3.84. The highest BCUT2D eigenvalue weighted by atomic mass is 16.6. The van der Waals surface area contributed by atoms with Gasteiger partial charge in [-0.1, -0.05) is 0 Å². The summed E-state index contributed by atoms with van der Waals surface area (Å²) >= 11 is 0. The maximum absolute atomic E-state index is 11.1. The first-order valence-electron chi connectivity index (χ1n) is 5.68. The van der Waals surface area contributed by atoms with Crippen molar-refractivity contribution in [1.82, 2.24) is 10.6 Å². The average Bonchev–Trinajstić information content (AvgIpc) is 2.75. The zero-order valence-electron chi connectivity index (χ0n) is 9.58. The molecule has 3 rings (SSSR count). The van der Waals surface area contributed by atoms with E-state index in [1.165, 1.54) is 0 Å². The summed E-state index contributed by atoms with van der Waals surface area (Å²) in [7, 11) is 0. The molecule has 1 atom stereocenters. The zero-order chi connectivity index (χ0) is 11.8. The van der Waals surface area contributed by atoms with Gasteiger partial charge >= 0.3 is 6.03 Å². The number of hydrogen-bond donors (Lipinski definition) is 2. The van der Waals surface area contributed by atoms with Gasteiger partial charge < -0.3 is 20.1 Å². The van der Waals surface area contributed by atoms with Crippen LogP contribution in [0.4, 0.5) is 4.79 Å². The third kappa shape index (κ3) is 1.77. The molecule has 0 aromatic heterocycles. The summed E-state index contributed by atoms with van der Waals surface area (Å²) in [5.41, 5.74) is 2.18. The number of fused-ring (bicyclic) bond motifs is 1. The molecule has 2 aliphatic heterocycles. The summed E-state index contributed by atoms with van der Waals surface area (Å²) in [6.07, 6.45) is 0. The zero-order valence-corrected chi connectivity index (χ0v) is 9.58. The first-order chi connectivity index (χ1) is 8.24. The molecule has 17 heavy (non-hydrogen) atoms. The molecule has 5 heteroatoms. The van der Waals surface area contributed by atoms with E-state index in [-0.39, 0.29) is 12.1 Å². The van der Waals surface area contributed by atoms with Crippen molar-refractivity contribution in [3.8, 4) is 11.5 Å². The molecule has 0 radical (unpaired) electrons. The number of urea groups is 1. The highest BCUT2D eigenvalue weighted by Crippen LogP contribution is 2.35. The van der Waals surface area contributed by atoms with Crippen LogP contribution in [-0.2, 0) is 0 Å². The van der Waals surface area contributed by atoms with Crippen LogP contribution in [0.3, 0.4) is 0 Å². The standard InChI is InChI=1S/C12H14N2O3/c1-7-4-10-11(17-3-2-16-10)5-8(7)9-6-13-12(15)14-9/h4-5,9H,2-3,6H2,1H3,(H2,13,14,15). The lowest BCUT2D eigenvalue weighted by atomic mass is 10.0. The highest BCUT2D eigenvalue weighted by molar-refractivity contribution is 5.77. The molecule has 1 aromatic rings. The lowest BCUT2D eigenvalue weighted by Crippen LogP contribution is -2.22. The van der Waals surface area contributed by atoms with Gasteiger partial charge in [-0.2, -0.15) is 0 Å². The molecule has 2 amide bonds. The van der Waals surface area contributed by atoms with E-state index >= 15 is 0 Å². The molecule has 1 saturated heterocycles. The second-order valence-electron chi connectivity index (χ2n) is 4.26. The van der Waals surface area contributed by atoms with Crippen LogP contribution in [0.15, 0.2) is 12.1 Å². The van der Waals surface area contributed by atoms with Crippen molar-refractivity contribution in [2.24, 2.45) is 0 Å². The minimum Gasteiger partial charge on any atom is -0.486 e. The third-order valence-corrected chi connectivity index (χ3v) is 3.08. The van der Waals surface area contributed by atoms with E-state index in [0.717, 1.165) is 22.6 Å². The molecule has 1 aromatic carbocycles. The quantitative estimate of drug-likeness (QED) is 0.765. The van der Waals surface area contributed by atoms with Crippen molar-refractivity contribution < 1.29 is 14.3 Å². The summed E-state index contributed by atoms with van der Waals surface area (Å²) in [5.74, 6) is 1.55. The largest absolute Gasteiger partial charge is 0.486 e. The summed E-state index contributed by atoms with van der Waals surface area (Å²) in [5, 5.41) is 5.62. The van der Waals surface area contributed by atoms with Gasteiger partial charge in [-0.3, -0.25) is 0 Å². The molecule has 1 fully saturated rings. The van der Waals surface area contributed by atoms with Crippen molar-refractivity contribution in [2.45, 2.75) is 13.0 Å². The van der Waals surface area contributed by atoms with E-state index in [1.54, 1.807) is 0 Å². The Bertz CT molecular complexity index is 473. The van der Waals surface area contributed by atoms with E-state index in [9.17, 15) is 4.79 Å². The summed E-state index contributed by atoms with van der Waals surface area (Å²) < 4.78 is 11.1. The number of carbonyl (C=O) groups is 1. The first kappa shape index (κ1) is 10.3. The molecule has 5 nitrogen and oxygen atoms in total. The Morgan fingerprint density at radius 1 is 1.24 bits per heavy atom. The second-order valence-corrected chi connectivity index (χ2v) is 4.26. The van der Waals surface area contributed by atoms with Crippen LogP contribution in [0.25, 0.3) is 0 Å². The molecule has 0 aliphatic carbocycles. The molecule has 0 saturated carbocycles. The number of aryl methyl sites for hydroxylation is 1. The molecule has 2 heterocycles. The van der Waals surface area contributed by atoms with Gasteiger partial charge in [0.25, 0.3) is 0 Å². The fourth-order valence-corrected chi connectivity index (χ4v) is 2.22. The van der Waals surface area contributed by atoms with Gasteiger partial charge in [0, 0.05) is 6.54 Å². The highest BCUT2D eigenvalue weighted by Gasteiger charge is 2.25. The normalized spacial score (nSPS) is 21.9. The minimum atomic E-state index is -0.121. The van der Waals surface area contributed by atoms with Gasteiger partial charge in [0.05, 0.1) is 6.04 Å². The number of rotatable bonds is 1. The summed E-state index contributed by atoms with van der Waals surface area (Å²) in [6.45, 7) is 3.79. The van der Waals surface area contributed by atoms with Gasteiger partial charge in [-0.25, -0.2) is 4.79 Å². The third-order valence-electron chi connectivity index (χ3n) is 3.08. The summed E-state index contributed by atoms with van der Waals surface area (Å²) in [6, 6.07) is 3.82. The number of hydrogen-bond acceptors (Lipinski definition) is 3. The van der Waals surface area contributed by atoms with Gasteiger partial charge in [0.15, 0.2) is 11.5 Å². The van der Waals surface area contributed by atoms with Gasteiger partial charge in [-0.15, -0.1) is 0 Å². The Balaban J connectivity index is 1.96. The van der Waals surface area contributed by atoms with E-state index in [2.05, 4.69) is 10.6 Å². The number of nitrogens with one attached hydrogen (secondary N) is 2. The van der Waals surface area contributed by atoms with Crippen LogP contribution in [0.2, 0.25) is 0 Å². The van der Waals surface area contributed by atoms with Crippen molar-refractivity contribution in [3.05, 3.63) is 23.3 Å². The number of benzene rings is 1. The molecular weight excluding hydrogens is 220 g/mol. The maximum Gasteiger partial charge on any atom is 0.315 e. The van der Waals surface area contributed by atoms with Crippen molar-refractivity contribution in [2.75, 3.05) is 19.8 Å². The molecular formula is C12H14N2O3. The predicted octanol–water partition coefficient (Wildman–Crippen LogP) is 1.12. The van der Waals surface area contributed by atoms with Gasteiger partial charge in [0.2, 0.25) is 0 Å².